The largest absolute Gasteiger partial charge is 0.480 e. The van der Waals surface area contributed by atoms with Crippen molar-refractivity contribution in [1.82, 2.24) is 24.9 Å². The van der Waals surface area contributed by atoms with Gasteiger partial charge in [-0.3, -0.25) is 19.4 Å². The van der Waals surface area contributed by atoms with Crippen molar-refractivity contribution >= 4 is 58.1 Å². The molecule has 4 aromatic rings. The second-order valence-electron chi connectivity index (χ2n) is 17.9. The molecule has 73 heavy (non-hydrogen) atoms. The van der Waals surface area contributed by atoms with Crippen LogP contribution >= 0.6 is 23.5 Å². The molecule has 2 fully saturated rings. The Kier molecular flexibility index (Phi) is 21.5. The fraction of sp³-hybridized carbons (Fsp3) is 0.480. The number of aliphatic hydroxyl groups is 4. The van der Waals surface area contributed by atoms with Crippen LogP contribution in [0.1, 0.15) is 24.0 Å². The van der Waals surface area contributed by atoms with E-state index in [4.69, 9.17) is 26.2 Å². The van der Waals surface area contributed by atoms with Gasteiger partial charge >= 0.3 is 18.3 Å². The number of alkyl halides is 6. The van der Waals surface area contributed by atoms with Gasteiger partial charge in [-0.15, -0.1) is 0 Å². The fourth-order valence-electron chi connectivity index (χ4n) is 8.56. The van der Waals surface area contributed by atoms with Crippen LogP contribution in [0.15, 0.2) is 105 Å². The van der Waals surface area contributed by atoms with Gasteiger partial charge in [-0.05, 0) is 86.6 Å². The van der Waals surface area contributed by atoms with Crippen LogP contribution in [0.25, 0.3) is 0 Å². The predicted octanol–water partition coefficient (Wildman–Crippen LogP) is 5.48. The van der Waals surface area contributed by atoms with Gasteiger partial charge in [-0.2, -0.15) is 26.3 Å². The molecule has 15 nitrogen and oxygen atoms in total. The van der Waals surface area contributed by atoms with E-state index in [1.54, 1.807) is 12.1 Å². The number of rotatable bonds is 17. The topological polar surface area (TPSA) is 193 Å². The Morgan fingerprint density at radius 1 is 0.562 bits per heavy atom. The molecule has 4 aliphatic rings. The maximum atomic E-state index is 13.4. The number of nitrogens with two attached hydrogens (primary N) is 1. The zero-order chi connectivity index (χ0) is 52.7. The summed E-state index contributed by atoms with van der Waals surface area (Å²) in [6, 6.07) is 23.5. The summed E-state index contributed by atoms with van der Waals surface area (Å²) in [5.41, 5.74) is 6.66. The van der Waals surface area contributed by atoms with E-state index in [0.717, 1.165) is 108 Å². The number of carbonyl (C=O) groups is 2. The van der Waals surface area contributed by atoms with Crippen molar-refractivity contribution in [2.24, 2.45) is 5.73 Å². The molecule has 8 N–H and O–H groups in total. The molecule has 2 atom stereocenters. The number of carboxylic acid groups (broad SMARTS) is 1. The molecule has 0 aromatic heterocycles. The zero-order valence-corrected chi connectivity index (χ0v) is 41.9. The predicted molar refractivity (Wildman–Crippen MR) is 269 cm³/mol. The monoisotopic (exact) mass is 1070 g/mol. The fourth-order valence-corrected chi connectivity index (χ4v) is 10.7. The Hall–Kier alpha value is -4.66. The molecule has 4 aromatic carbocycles. The number of amides is 1. The minimum atomic E-state index is -4.39. The van der Waals surface area contributed by atoms with E-state index in [0.29, 0.717) is 37.6 Å². The lowest BCUT2D eigenvalue weighted by Gasteiger charge is -2.36. The quantitative estimate of drug-likeness (QED) is 0.0657. The van der Waals surface area contributed by atoms with E-state index in [1.807, 2.05) is 68.1 Å². The number of para-hydroxylation sites is 2. The number of benzene rings is 4. The first-order valence-electron chi connectivity index (χ1n) is 24.0. The molecule has 4 aliphatic heterocycles. The van der Waals surface area contributed by atoms with E-state index in [2.05, 4.69) is 15.1 Å². The third-order valence-electron chi connectivity index (χ3n) is 12.5. The van der Waals surface area contributed by atoms with Crippen LogP contribution in [-0.2, 0) is 21.9 Å². The van der Waals surface area contributed by atoms with Gasteiger partial charge in [0.05, 0.1) is 72.4 Å². The number of aliphatic carboxylic acids is 1. The minimum Gasteiger partial charge on any atom is -0.480 e. The average molecular weight is 1070 g/mol. The summed E-state index contributed by atoms with van der Waals surface area (Å²) in [6.07, 6.45) is -8.87. The van der Waals surface area contributed by atoms with Gasteiger partial charge in [-0.1, -0.05) is 47.8 Å². The lowest BCUT2D eigenvalue weighted by molar-refractivity contribution is -0.139. The van der Waals surface area contributed by atoms with Crippen LogP contribution in [0.4, 0.5) is 49.1 Å². The molecule has 0 spiro atoms. The van der Waals surface area contributed by atoms with E-state index in [9.17, 15) is 41.0 Å². The van der Waals surface area contributed by atoms with E-state index < -0.39 is 48.3 Å². The Bertz CT molecular complexity index is 2410. The zero-order valence-electron chi connectivity index (χ0n) is 40.3. The van der Waals surface area contributed by atoms with Crippen molar-refractivity contribution in [3.8, 4) is 0 Å². The summed E-state index contributed by atoms with van der Waals surface area (Å²) in [6.45, 7) is 8.77. The summed E-state index contributed by atoms with van der Waals surface area (Å²) in [7, 11) is 0. The number of piperazine rings is 2. The number of nitrogens with zero attached hydrogens (tertiary/aromatic N) is 6. The first-order valence-corrected chi connectivity index (χ1v) is 25.7. The molecule has 400 valence electrons. The SMILES string of the molecule is NC[C@H](O)CO.O=C(CN1CCN(CCCN2c3ccccc3Sc3ccc(C(F)(F)F)cc32)CC1)NC[C@H](O)CO.O=C(O)CN1CCN(CCCN2c3ccccc3Sc3ccc(C(F)(F)F)cc32)CC1. The normalized spacial score (nSPS) is 17.1. The highest BCUT2D eigenvalue weighted by atomic mass is 32.2. The number of carboxylic acids is 1. The van der Waals surface area contributed by atoms with Crippen molar-refractivity contribution < 1.29 is 61.5 Å². The third kappa shape index (κ3) is 16.9. The molecule has 23 heteroatoms. The highest BCUT2D eigenvalue weighted by molar-refractivity contribution is 8.00. The standard InChI is InChI=1S/C25H31F3N4O3S.C22H24F3N3O2S.C3H9NO2/c26-25(27,28)18-6-7-23-21(14-18)32(20-4-1-2-5-22(20)36-23)9-3-8-30-10-12-31(13-11-30)16-24(35)29-15-19(34)17-33;23-22(24,25)16-6-7-20-18(14-16)28(17-4-1-2-5-19(17)31-20)9-3-8-26-10-12-27(13-11-26)15-21(29)30;4-1-3(6)2-5/h1-2,4-7,14,19,33-34H,3,8-13,15-17H2,(H,29,35);1-2,4-7,14H,3,8-13,15H2,(H,29,30);3,5-6H,1-2,4H2/t19-;;3-/m0.0/s1. The lowest BCUT2D eigenvalue weighted by Crippen LogP contribution is -2.50. The van der Waals surface area contributed by atoms with E-state index in [1.165, 1.54) is 35.7 Å². The van der Waals surface area contributed by atoms with E-state index >= 15 is 0 Å². The molecule has 0 radical (unpaired) electrons. The van der Waals surface area contributed by atoms with Crippen LogP contribution in [0, 0.1) is 0 Å². The Morgan fingerprint density at radius 3 is 1.34 bits per heavy atom. The smallest absolute Gasteiger partial charge is 0.416 e. The first-order chi connectivity index (χ1) is 34.9. The van der Waals surface area contributed by atoms with Crippen molar-refractivity contribution in [2.75, 3.05) is 128 Å². The molecular formula is C50H64F6N8O7S2. The second kappa shape index (κ2) is 27.2. The Morgan fingerprint density at radius 2 is 0.959 bits per heavy atom. The van der Waals surface area contributed by atoms with E-state index in [-0.39, 0.29) is 38.7 Å². The first kappa shape index (κ1) is 57.6. The summed E-state index contributed by atoms with van der Waals surface area (Å²) in [5.74, 6) is -0.999. The maximum Gasteiger partial charge on any atom is 0.416 e. The molecule has 8 rings (SSSR count). The van der Waals surface area contributed by atoms with Gasteiger partial charge in [0.1, 0.15) is 0 Å². The molecule has 0 bridgehead atoms. The van der Waals surface area contributed by atoms with Gasteiger partial charge in [0, 0.05) is 98.1 Å². The molecule has 0 saturated carbocycles. The second-order valence-corrected chi connectivity index (χ2v) is 20.0. The number of anilines is 4. The number of halogens is 6. The van der Waals surface area contributed by atoms with Crippen molar-refractivity contribution in [3.05, 3.63) is 96.1 Å². The Labute approximate surface area is 429 Å². The Balaban J connectivity index is 0.000000216. The molecular weight excluding hydrogens is 1000 g/mol. The molecule has 0 unspecified atom stereocenters. The van der Waals surface area contributed by atoms with Crippen molar-refractivity contribution in [2.45, 2.75) is 57.0 Å². The summed E-state index contributed by atoms with van der Waals surface area (Å²) in [5, 5.41) is 46.0. The summed E-state index contributed by atoms with van der Waals surface area (Å²) >= 11 is 2.99. The summed E-state index contributed by atoms with van der Waals surface area (Å²) in [4.78, 5) is 39.1. The molecule has 0 aliphatic carbocycles. The minimum absolute atomic E-state index is 0.0288. The molecule has 4 heterocycles. The van der Waals surface area contributed by atoms with Gasteiger partial charge in [0.2, 0.25) is 5.91 Å². The van der Waals surface area contributed by atoms with Crippen LogP contribution in [0.3, 0.4) is 0 Å². The van der Waals surface area contributed by atoms with Gasteiger partial charge in [0.15, 0.2) is 0 Å². The van der Waals surface area contributed by atoms with Crippen LogP contribution in [0.5, 0.6) is 0 Å². The van der Waals surface area contributed by atoms with Crippen molar-refractivity contribution in [1.29, 1.82) is 0 Å². The summed E-state index contributed by atoms with van der Waals surface area (Å²) < 4.78 is 80.1. The highest BCUT2D eigenvalue weighted by Gasteiger charge is 2.35. The van der Waals surface area contributed by atoms with Crippen LogP contribution in [-0.4, -0.2) is 187 Å². The van der Waals surface area contributed by atoms with Crippen molar-refractivity contribution in [3.63, 3.8) is 0 Å². The number of nitrogens with one attached hydrogen (secondary N) is 1. The lowest BCUT2D eigenvalue weighted by atomic mass is 10.1. The number of hydrogen-bond acceptors (Lipinski definition) is 15. The number of hydrogen-bond donors (Lipinski definition) is 7. The van der Waals surface area contributed by atoms with Crippen LogP contribution < -0.4 is 20.9 Å². The maximum absolute atomic E-state index is 13.4. The number of fused-ring (bicyclic) bond motifs is 4. The highest BCUT2D eigenvalue weighted by Crippen LogP contribution is 2.51. The van der Waals surface area contributed by atoms with Crippen LogP contribution in [0.2, 0.25) is 0 Å². The van der Waals surface area contributed by atoms with Gasteiger partial charge in [-0.25, -0.2) is 0 Å². The number of aliphatic hydroxyl groups excluding tert-OH is 4. The van der Waals surface area contributed by atoms with Gasteiger partial charge < -0.3 is 56.2 Å². The average Bonchev–Trinajstić information content (AvgIpc) is 3.37. The molecule has 2 saturated heterocycles. The third-order valence-corrected chi connectivity index (χ3v) is 14.8. The van der Waals surface area contributed by atoms with Gasteiger partial charge in [0.25, 0.3) is 0 Å². The number of carbonyl (C=O) groups excluding carboxylic acids is 1. The molecule has 1 amide bonds.